The Morgan fingerprint density at radius 2 is 1.35 bits per heavy atom. The lowest BCUT2D eigenvalue weighted by atomic mass is 9.85. The topological polar surface area (TPSA) is 84.3 Å². The van der Waals surface area contributed by atoms with Gasteiger partial charge in [0.05, 0.1) is 0 Å². The predicted octanol–water partition coefficient (Wildman–Crippen LogP) is 3.01. The number of piperazine rings is 1. The van der Waals surface area contributed by atoms with Crippen molar-refractivity contribution in [3.63, 3.8) is 0 Å². The molecular formula is C24H37N3O4. The second-order valence-corrected chi connectivity index (χ2v) is 9.16. The van der Waals surface area contributed by atoms with Crippen LogP contribution in [0.4, 0.5) is 5.69 Å². The van der Waals surface area contributed by atoms with Crippen LogP contribution in [0.3, 0.4) is 0 Å². The lowest BCUT2D eigenvalue weighted by Gasteiger charge is -2.45. The van der Waals surface area contributed by atoms with Crippen molar-refractivity contribution in [1.82, 2.24) is 9.80 Å². The summed E-state index contributed by atoms with van der Waals surface area (Å²) in [4.78, 5) is 26.4. The molecule has 3 aliphatic rings. The minimum absolute atomic E-state index is 0.829. The molecule has 0 amide bonds. The van der Waals surface area contributed by atoms with Crippen LogP contribution in [0.1, 0.15) is 45.4 Å². The molecule has 31 heavy (non-hydrogen) atoms. The number of rotatable bonds is 3. The quantitative estimate of drug-likeness (QED) is 0.712. The Hall–Kier alpha value is -2.12. The number of nitrogens with zero attached hydrogens (tertiary/aromatic N) is 3. The van der Waals surface area contributed by atoms with Crippen LogP contribution in [0.25, 0.3) is 0 Å². The monoisotopic (exact) mass is 431 g/mol. The minimum Gasteiger partial charge on any atom is -0.473 e. The van der Waals surface area contributed by atoms with Gasteiger partial charge in [-0.3, -0.25) is 4.90 Å². The fourth-order valence-corrected chi connectivity index (χ4v) is 5.33. The normalized spacial score (nSPS) is 26.0. The van der Waals surface area contributed by atoms with E-state index in [1.807, 2.05) is 0 Å². The first-order valence-corrected chi connectivity index (χ1v) is 11.7. The molecule has 2 N–H and O–H groups in total. The van der Waals surface area contributed by atoms with Crippen molar-refractivity contribution < 1.29 is 19.8 Å². The molecule has 7 heteroatoms. The van der Waals surface area contributed by atoms with Crippen molar-refractivity contribution in [1.29, 1.82) is 0 Å². The molecule has 4 rings (SSSR count). The lowest BCUT2D eigenvalue weighted by Crippen LogP contribution is -2.54. The SMILES string of the molecule is CC1CCCC(N2CCC(N3CCN(c4ccccc4)CC3)CC2)C1.O=C(O)C(=O)O. The second kappa shape index (κ2) is 11.5. The predicted molar refractivity (Wildman–Crippen MR) is 122 cm³/mol. The molecule has 2 heterocycles. The minimum atomic E-state index is -1.82. The van der Waals surface area contributed by atoms with E-state index in [2.05, 4.69) is 52.0 Å². The number of anilines is 1. The number of carboxylic acid groups (broad SMARTS) is 2. The first-order chi connectivity index (χ1) is 14.9. The zero-order valence-corrected chi connectivity index (χ0v) is 18.7. The van der Waals surface area contributed by atoms with Gasteiger partial charge in [0.25, 0.3) is 0 Å². The summed E-state index contributed by atoms with van der Waals surface area (Å²) < 4.78 is 0. The summed E-state index contributed by atoms with van der Waals surface area (Å²) in [6.07, 6.45) is 8.57. The van der Waals surface area contributed by atoms with Crippen LogP contribution in [0.15, 0.2) is 30.3 Å². The molecule has 1 saturated carbocycles. The Morgan fingerprint density at radius 1 is 0.774 bits per heavy atom. The smallest absolute Gasteiger partial charge is 0.414 e. The molecule has 1 aromatic carbocycles. The molecule has 1 aliphatic carbocycles. The van der Waals surface area contributed by atoms with E-state index < -0.39 is 11.9 Å². The summed E-state index contributed by atoms with van der Waals surface area (Å²) in [5.74, 6) is -2.70. The van der Waals surface area contributed by atoms with Crippen molar-refractivity contribution in [2.24, 2.45) is 5.92 Å². The second-order valence-electron chi connectivity index (χ2n) is 9.16. The Bertz CT molecular complexity index is 686. The third-order valence-electron chi connectivity index (χ3n) is 7.06. The Kier molecular flexibility index (Phi) is 8.72. The van der Waals surface area contributed by atoms with E-state index >= 15 is 0 Å². The van der Waals surface area contributed by atoms with E-state index in [-0.39, 0.29) is 0 Å². The van der Waals surface area contributed by atoms with Gasteiger partial charge in [-0.2, -0.15) is 0 Å². The third kappa shape index (κ3) is 6.94. The van der Waals surface area contributed by atoms with Crippen LogP contribution >= 0.6 is 0 Å². The molecule has 0 aromatic heterocycles. The van der Waals surface area contributed by atoms with Gasteiger partial charge < -0.3 is 20.0 Å². The summed E-state index contributed by atoms with van der Waals surface area (Å²) in [7, 11) is 0. The highest BCUT2D eigenvalue weighted by molar-refractivity contribution is 6.27. The van der Waals surface area contributed by atoms with E-state index in [1.165, 1.54) is 83.5 Å². The lowest BCUT2D eigenvalue weighted by molar-refractivity contribution is -0.159. The number of carboxylic acids is 2. The van der Waals surface area contributed by atoms with Gasteiger partial charge in [0.1, 0.15) is 0 Å². The summed E-state index contributed by atoms with van der Waals surface area (Å²) in [6, 6.07) is 12.6. The number of benzene rings is 1. The largest absolute Gasteiger partial charge is 0.473 e. The molecule has 172 valence electrons. The summed E-state index contributed by atoms with van der Waals surface area (Å²) >= 11 is 0. The van der Waals surface area contributed by atoms with Crippen LogP contribution in [0, 0.1) is 5.92 Å². The van der Waals surface area contributed by atoms with Crippen molar-refractivity contribution in [2.75, 3.05) is 44.2 Å². The molecule has 0 spiro atoms. The van der Waals surface area contributed by atoms with Gasteiger partial charge in [-0.25, -0.2) is 9.59 Å². The van der Waals surface area contributed by atoms with Crippen molar-refractivity contribution in [2.45, 2.75) is 57.5 Å². The van der Waals surface area contributed by atoms with Crippen LogP contribution in [0.2, 0.25) is 0 Å². The fraction of sp³-hybridized carbons (Fsp3) is 0.667. The fourth-order valence-electron chi connectivity index (χ4n) is 5.33. The number of hydrogen-bond acceptors (Lipinski definition) is 5. The molecule has 0 radical (unpaired) electrons. The average Bonchev–Trinajstić information content (AvgIpc) is 2.80. The van der Waals surface area contributed by atoms with E-state index in [9.17, 15) is 0 Å². The maximum absolute atomic E-state index is 9.10. The van der Waals surface area contributed by atoms with Gasteiger partial charge in [0.2, 0.25) is 0 Å². The van der Waals surface area contributed by atoms with E-state index in [4.69, 9.17) is 19.8 Å². The molecule has 2 atom stereocenters. The third-order valence-corrected chi connectivity index (χ3v) is 7.06. The number of piperidine rings is 1. The van der Waals surface area contributed by atoms with Crippen LogP contribution in [-0.4, -0.2) is 83.3 Å². The van der Waals surface area contributed by atoms with Gasteiger partial charge >= 0.3 is 11.9 Å². The first kappa shape index (κ1) is 23.5. The van der Waals surface area contributed by atoms with Gasteiger partial charge in [0.15, 0.2) is 0 Å². The molecule has 0 bridgehead atoms. The molecule has 7 nitrogen and oxygen atoms in total. The number of likely N-dealkylation sites (tertiary alicyclic amines) is 1. The van der Waals surface area contributed by atoms with Crippen LogP contribution in [0.5, 0.6) is 0 Å². The number of hydrogen-bond donors (Lipinski definition) is 2. The number of carbonyl (C=O) groups is 2. The van der Waals surface area contributed by atoms with Crippen molar-refractivity contribution in [3.8, 4) is 0 Å². The molecule has 2 aliphatic heterocycles. The Morgan fingerprint density at radius 3 is 1.90 bits per heavy atom. The van der Waals surface area contributed by atoms with Crippen LogP contribution in [-0.2, 0) is 9.59 Å². The zero-order chi connectivity index (χ0) is 22.2. The van der Waals surface area contributed by atoms with Gasteiger partial charge in [-0.05, 0) is 56.8 Å². The van der Waals surface area contributed by atoms with Crippen molar-refractivity contribution >= 4 is 17.6 Å². The van der Waals surface area contributed by atoms with Crippen molar-refractivity contribution in [3.05, 3.63) is 30.3 Å². The van der Waals surface area contributed by atoms with Gasteiger partial charge in [0, 0.05) is 44.0 Å². The first-order valence-electron chi connectivity index (χ1n) is 11.7. The average molecular weight is 432 g/mol. The van der Waals surface area contributed by atoms with Crippen LogP contribution < -0.4 is 4.90 Å². The standard InChI is InChI=1S/C22H35N3.C2H2O4/c1-19-6-5-9-22(18-19)23-12-10-21(11-13-23)25-16-14-24(15-17-25)20-7-3-2-4-8-20;3-1(4)2(5)6/h2-4,7-8,19,21-22H,5-6,9-18H2,1H3;(H,3,4)(H,5,6). The highest BCUT2D eigenvalue weighted by atomic mass is 16.4. The van der Waals surface area contributed by atoms with Gasteiger partial charge in [-0.15, -0.1) is 0 Å². The molecule has 3 fully saturated rings. The Labute approximate surface area is 185 Å². The highest BCUT2D eigenvalue weighted by Gasteiger charge is 2.31. The summed E-state index contributed by atoms with van der Waals surface area (Å²) in [5, 5.41) is 14.8. The van der Waals surface area contributed by atoms with E-state index in [1.54, 1.807) is 0 Å². The maximum Gasteiger partial charge on any atom is 0.414 e. The summed E-state index contributed by atoms with van der Waals surface area (Å²) in [6.45, 7) is 9.96. The van der Waals surface area contributed by atoms with E-state index in [0.717, 1.165) is 18.0 Å². The zero-order valence-electron chi connectivity index (χ0n) is 18.7. The molecule has 1 aromatic rings. The number of aliphatic carboxylic acids is 2. The highest BCUT2D eigenvalue weighted by Crippen LogP contribution is 2.30. The number of para-hydroxylation sites is 1. The summed E-state index contributed by atoms with van der Waals surface area (Å²) in [5.41, 5.74) is 1.39. The molecule has 2 unspecified atom stereocenters. The Balaban J connectivity index is 0.000000401. The van der Waals surface area contributed by atoms with E-state index in [0.29, 0.717) is 0 Å². The molecular weight excluding hydrogens is 394 g/mol. The van der Waals surface area contributed by atoms with Gasteiger partial charge in [-0.1, -0.05) is 38.0 Å². The molecule has 2 saturated heterocycles. The maximum atomic E-state index is 9.10.